The first-order valence-corrected chi connectivity index (χ1v) is 8.53. The molecule has 0 aliphatic carbocycles. The Hall–Kier alpha value is -1.95. The second kappa shape index (κ2) is 7.55. The Bertz CT molecular complexity index is 598. The van der Waals surface area contributed by atoms with Gasteiger partial charge in [0.25, 0.3) is 0 Å². The Kier molecular flexibility index (Phi) is 5.23. The van der Waals surface area contributed by atoms with E-state index in [0.717, 1.165) is 38.5 Å². The molecule has 0 unspecified atom stereocenters. The Balaban J connectivity index is 1.49. The summed E-state index contributed by atoms with van der Waals surface area (Å²) in [4.78, 5) is 11.3. The molecule has 1 saturated heterocycles. The fraction of sp³-hybridized carbons (Fsp3) is 0.588. The van der Waals surface area contributed by atoms with E-state index in [1.54, 1.807) is 0 Å². The summed E-state index contributed by atoms with van der Waals surface area (Å²) in [6.07, 6.45) is 9.25. The van der Waals surface area contributed by atoms with Gasteiger partial charge in [-0.15, -0.1) is 0 Å². The van der Waals surface area contributed by atoms with Crippen LogP contribution in [-0.4, -0.2) is 44.7 Å². The molecule has 0 aromatic carbocycles. The normalized spacial score (nSPS) is 16.6. The third-order valence-electron chi connectivity index (χ3n) is 4.51. The number of aryl methyl sites for hydroxylation is 1. The minimum atomic E-state index is 0.616. The molecule has 0 atom stereocenters. The first-order chi connectivity index (χ1) is 11.3. The Labute approximate surface area is 137 Å². The summed E-state index contributed by atoms with van der Waals surface area (Å²) in [6, 6.07) is 0. The lowest BCUT2D eigenvalue weighted by atomic mass is 9.91. The summed E-state index contributed by atoms with van der Waals surface area (Å²) in [5, 5.41) is 10.5. The number of piperidine rings is 1. The summed E-state index contributed by atoms with van der Waals surface area (Å²) < 4.78 is 0. The van der Waals surface area contributed by atoms with Crippen molar-refractivity contribution in [3.63, 3.8) is 0 Å². The summed E-state index contributed by atoms with van der Waals surface area (Å²) >= 11 is 0. The van der Waals surface area contributed by atoms with E-state index in [9.17, 15) is 0 Å². The summed E-state index contributed by atoms with van der Waals surface area (Å²) in [7, 11) is 0. The third-order valence-corrected chi connectivity index (χ3v) is 4.51. The van der Waals surface area contributed by atoms with E-state index in [1.165, 1.54) is 29.7 Å². The lowest BCUT2D eigenvalue weighted by Crippen LogP contribution is -2.32. The minimum Gasteiger partial charge on any atom is -0.354 e. The Morgan fingerprint density at radius 3 is 2.57 bits per heavy atom. The molecule has 2 aromatic rings. The van der Waals surface area contributed by atoms with Crippen LogP contribution < -0.4 is 5.32 Å². The Morgan fingerprint density at radius 1 is 1.22 bits per heavy atom. The van der Waals surface area contributed by atoms with E-state index < -0.39 is 0 Å². The standard InChI is InChI=1S/C17H26N6/c1-3-6-18-17-19-10-14(11-20-17)12-23-7-4-15(5-8-23)16-13(2)9-21-22-16/h9-11,15H,3-8,12H2,1-2H3,(H,21,22)(H,18,19,20). The molecule has 3 rings (SSSR count). The zero-order chi connectivity index (χ0) is 16.1. The average molecular weight is 314 g/mol. The van der Waals surface area contributed by atoms with Crippen LogP contribution in [-0.2, 0) is 6.54 Å². The molecule has 0 amide bonds. The van der Waals surface area contributed by atoms with Crippen LogP contribution in [0.15, 0.2) is 18.6 Å². The molecule has 6 nitrogen and oxygen atoms in total. The maximum atomic E-state index is 4.39. The van der Waals surface area contributed by atoms with E-state index in [1.807, 2.05) is 18.6 Å². The fourth-order valence-corrected chi connectivity index (χ4v) is 3.17. The molecule has 0 spiro atoms. The topological polar surface area (TPSA) is 69.7 Å². The number of aromatic nitrogens is 4. The van der Waals surface area contributed by atoms with E-state index in [-0.39, 0.29) is 0 Å². The van der Waals surface area contributed by atoms with Crippen LogP contribution in [0.1, 0.15) is 48.9 Å². The van der Waals surface area contributed by atoms with E-state index in [4.69, 9.17) is 0 Å². The van der Waals surface area contributed by atoms with Crippen LogP contribution in [0.3, 0.4) is 0 Å². The van der Waals surface area contributed by atoms with Gasteiger partial charge < -0.3 is 5.32 Å². The van der Waals surface area contributed by atoms with E-state index in [0.29, 0.717) is 5.92 Å². The highest BCUT2D eigenvalue weighted by atomic mass is 15.1. The molecule has 1 aliphatic rings. The van der Waals surface area contributed by atoms with Gasteiger partial charge in [0.15, 0.2) is 0 Å². The van der Waals surface area contributed by atoms with Crippen molar-refractivity contribution in [3.8, 4) is 0 Å². The van der Waals surface area contributed by atoms with Gasteiger partial charge >= 0.3 is 0 Å². The van der Waals surface area contributed by atoms with Gasteiger partial charge in [-0.2, -0.15) is 5.10 Å². The van der Waals surface area contributed by atoms with Gasteiger partial charge in [-0.25, -0.2) is 9.97 Å². The van der Waals surface area contributed by atoms with Gasteiger partial charge in [-0.1, -0.05) is 6.92 Å². The Morgan fingerprint density at radius 2 is 1.96 bits per heavy atom. The molecule has 3 heterocycles. The molecule has 0 radical (unpaired) electrons. The van der Waals surface area contributed by atoms with Crippen LogP contribution in [0.2, 0.25) is 0 Å². The molecule has 23 heavy (non-hydrogen) atoms. The van der Waals surface area contributed by atoms with Crippen molar-refractivity contribution in [1.29, 1.82) is 0 Å². The van der Waals surface area contributed by atoms with Gasteiger partial charge in [0.05, 0.1) is 6.20 Å². The van der Waals surface area contributed by atoms with Crippen LogP contribution in [0.4, 0.5) is 5.95 Å². The highest BCUT2D eigenvalue weighted by molar-refractivity contribution is 5.24. The molecule has 0 saturated carbocycles. The highest BCUT2D eigenvalue weighted by Crippen LogP contribution is 2.28. The van der Waals surface area contributed by atoms with Gasteiger partial charge in [0.2, 0.25) is 5.95 Å². The SMILES string of the molecule is CCCNc1ncc(CN2CCC(c3[nH]ncc3C)CC2)cn1. The molecular weight excluding hydrogens is 288 g/mol. The van der Waals surface area contributed by atoms with Crippen molar-refractivity contribution in [2.24, 2.45) is 0 Å². The van der Waals surface area contributed by atoms with Crippen molar-refractivity contribution >= 4 is 5.95 Å². The third kappa shape index (κ3) is 4.07. The predicted octanol–water partition coefficient (Wildman–Crippen LogP) is 2.71. The van der Waals surface area contributed by atoms with Crippen LogP contribution in [0.25, 0.3) is 0 Å². The summed E-state index contributed by atoms with van der Waals surface area (Å²) in [5.74, 6) is 1.34. The molecule has 1 fully saturated rings. The first-order valence-electron chi connectivity index (χ1n) is 8.53. The summed E-state index contributed by atoms with van der Waals surface area (Å²) in [5.41, 5.74) is 3.79. The second-order valence-electron chi connectivity index (χ2n) is 6.36. The second-order valence-corrected chi connectivity index (χ2v) is 6.36. The van der Waals surface area contributed by atoms with Gasteiger partial charge in [0.1, 0.15) is 0 Å². The van der Waals surface area contributed by atoms with Crippen molar-refractivity contribution in [2.75, 3.05) is 25.0 Å². The van der Waals surface area contributed by atoms with Gasteiger partial charge in [0, 0.05) is 42.7 Å². The van der Waals surface area contributed by atoms with Crippen molar-refractivity contribution in [2.45, 2.75) is 45.6 Å². The number of likely N-dealkylation sites (tertiary alicyclic amines) is 1. The largest absolute Gasteiger partial charge is 0.354 e. The maximum absolute atomic E-state index is 4.39. The van der Waals surface area contributed by atoms with Crippen molar-refractivity contribution in [1.82, 2.24) is 25.1 Å². The van der Waals surface area contributed by atoms with Crippen LogP contribution in [0.5, 0.6) is 0 Å². The lowest BCUT2D eigenvalue weighted by molar-refractivity contribution is 0.202. The number of hydrogen-bond acceptors (Lipinski definition) is 5. The smallest absolute Gasteiger partial charge is 0.222 e. The van der Waals surface area contributed by atoms with Crippen LogP contribution in [0, 0.1) is 6.92 Å². The van der Waals surface area contributed by atoms with Crippen molar-refractivity contribution in [3.05, 3.63) is 35.4 Å². The number of aromatic amines is 1. The molecule has 0 bridgehead atoms. The number of rotatable bonds is 6. The molecule has 2 N–H and O–H groups in total. The molecule has 6 heteroatoms. The fourth-order valence-electron chi connectivity index (χ4n) is 3.17. The highest BCUT2D eigenvalue weighted by Gasteiger charge is 2.23. The molecule has 124 valence electrons. The molecular formula is C17H26N6. The lowest BCUT2D eigenvalue weighted by Gasteiger charge is -2.31. The summed E-state index contributed by atoms with van der Waals surface area (Å²) in [6.45, 7) is 8.34. The zero-order valence-electron chi connectivity index (χ0n) is 14.0. The van der Waals surface area contributed by atoms with Crippen LogP contribution >= 0.6 is 0 Å². The number of H-pyrrole nitrogens is 1. The quantitative estimate of drug-likeness (QED) is 0.858. The maximum Gasteiger partial charge on any atom is 0.222 e. The van der Waals surface area contributed by atoms with Gasteiger partial charge in [-0.05, 0) is 44.8 Å². The number of nitrogens with one attached hydrogen (secondary N) is 2. The average Bonchev–Trinajstić information content (AvgIpc) is 3.01. The van der Waals surface area contributed by atoms with E-state index >= 15 is 0 Å². The number of nitrogens with zero attached hydrogens (tertiary/aromatic N) is 4. The first kappa shape index (κ1) is 15.9. The number of anilines is 1. The van der Waals surface area contributed by atoms with Crippen molar-refractivity contribution < 1.29 is 0 Å². The molecule has 2 aromatic heterocycles. The zero-order valence-corrected chi connectivity index (χ0v) is 14.0. The monoisotopic (exact) mass is 314 g/mol. The predicted molar refractivity (Wildman–Crippen MR) is 91.4 cm³/mol. The molecule has 1 aliphatic heterocycles. The number of hydrogen-bond donors (Lipinski definition) is 2. The van der Waals surface area contributed by atoms with E-state index in [2.05, 4.69) is 44.2 Å². The van der Waals surface area contributed by atoms with Gasteiger partial charge in [-0.3, -0.25) is 10.00 Å². The minimum absolute atomic E-state index is 0.616.